The number of nitrogen functional groups attached to an aromatic ring is 1. The first-order chi connectivity index (χ1) is 14.0. The van der Waals surface area contributed by atoms with Gasteiger partial charge in [-0.3, -0.25) is 4.79 Å². The molecule has 0 bridgehead atoms. The lowest BCUT2D eigenvalue weighted by molar-refractivity contribution is 0.112. The van der Waals surface area contributed by atoms with E-state index in [9.17, 15) is 13.6 Å². The van der Waals surface area contributed by atoms with Gasteiger partial charge in [0, 0.05) is 29.2 Å². The van der Waals surface area contributed by atoms with Crippen molar-refractivity contribution >= 4 is 17.9 Å². The highest BCUT2D eigenvalue weighted by Gasteiger charge is 2.17. The molecule has 2 aromatic heterocycles. The maximum absolute atomic E-state index is 14.5. The van der Waals surface area contributed by atoms with Crippen molar-refractivity contribution < 1.29 is 13.6 Å². The highest BCUT2D eigenvalue weighted by Crippen LogP contribution is 2.25. The molecule has 29 heavy (non-hydrogen) atoms. The number of nitriles is 1. The van der Waals surface area contributed by atoms with Gasteiger partial charge in [0.15, 0.2) is 11.5 Å². The lowest BCUT2D eigenvalue weighted by Crippen LogP contribution is -2.04. The number of hydrogen-bond donors (Lipinski definition) is 1. The lowest BCUT2D eigenvalue weighted by Gasteiger charge is -2.05. The average molecular weight is 390 g/mol. The fourth-order valence-corrected chi connectivity index (χ4v) is 3.02. The molecule has 0 aliphatic heterocycles. The molecule has 2 aromatic carbocycles. The summed E-state index contributed by atoms with van der Waals surface area (Å²) < 4.78 is 29.9. The van der Waals surface area contributed by atoms with E-state index in [0.29, 0.717) is 6.29 Å². The van der Waals surface area contributed by atoms with Crippen LogP contribution in [0.2, 0.25) is 0 Å². The molecule has 0 fully saturated rings. The van der Waals surface area contributed by atoms with Crippen LogP contribution in [0, 0.1) is 23.0 Å². The minimum absolute atomic E-state index is 0.0323. The number of aldehydes is 1. The van der Waals surface area contributed by atoms with E-state index in [2.05, 4.69) is 15.1 Å². The number of anilines is 1. The summed E-state index contributed by atoms with van der Waals surface area (Å²) in [7, 11) is 0. The Morgan fingerprint density at radius 3 is 2.72 bits per heavy atom. The second kappa shape index (κ2) is 7.09. The lowest BCUT2D eigenvalue weighted by atomic mass is 10.0. The predicted octanol–water partition coefficient (Wildman–Crippen LogP) is 2.93. The Labute approximate surface area is 163 Å². The van der Waals surface area contributed by atoms with Gasteiger partial charge in [-0.05, 0) is 18.2 Å². The van der Waals surface area contributed by atoms with Gasteiger partial charge in [-0.1, -0.05) is 18.2 Å². The standard InChI is InChI=1S/C20H12F2N6O/c21-15-6-2-4-12(10-29)14(15)7-17-26-18-8-16(25-20(24)28(18)27-17)13-5-1-3-11(9-23)19(13)22/h1-6,8,10H,7H2,(H2,24,25). The van der Waals surface area contributed by atoms with Crippen LogP contribution in [0.25, 0.3) is 16.9 Å². The molecule has 0 atom stereocenters. The first-order valence-electron chi connectivity index (χ1n) is 8.45. The van der Waals surface area contributed by atoms with E-state index in [-0.39, 0.29) is 51.8 Å². The molecule has 0 spiro atoms. The van der Waals surface area contributed by atoms with Crippen molar-refractivity contribution in [3.05, 3.63) is 76.6 Å². The van der Waals surface area contributed by atoms with Crippen molar-refractivity contribution in [1.82, 2.24) is 19.6 Å². The summed E-state index contributed by atoms with van der Waals surface area (Å²) in [6.45, 7) is 0. The molecular weight excluding hydrogens is 378 g/mol. The highest BCUT2D eigenvalue weighted by atomic mass is 19.1. The molecule has 2 N–H and O–H groups in total. The number of benzene rings is 2. The van der Waals surface area contributed by atoms with Gasteiger partial charge in [0.05, 0.1) is 11.3 Å². The molecule has 0 saturated heterocycles. The zero-order valence-corrected chi connectivity index (χ0v) is 14.8. The predicted molar refractivity (Wildman–Crippen MR) is 99.9 cm³/mol. The Morgan fingerprint density at radius 1 is 1.17 bits per heavy atom. The number of hydrogen-bond acceptors (Lipinski definition) is 6. The van der Waals surface area contributed by atoms with Crippen LogP contribution in [0.4, 0.5) is 14.7 Å². The Balaban J connectivity index is 1.80. The number of aromatic nitrogens is 4. The highest BCUT2D eigenvalue weighted by molar-refractivity contribution is 5.77. The summed E-state index contributed by atoms with van der Waals surface area (Å²) in [5, 5.41) is 13.2. The van der Waals surface area contributed by atoms with Crippen LogP contribution in [0.3, 0.4) is 0 Å². The summed E-state index contributed by atoms with van der Waals surface area (Å²) >= 11 is 0. The molecule has 0 aliphatic rings. The average Bonchev–Trinajstić information content (AvgIpc) is 3.13. The maximum Gasteiger partial charge on any atom is 0.223 e. The summed E-state index contributed by atoms with van der Waals surface area (Å²) in [6, 6.07) is 11.8. The number of carbonyl (C=O) groups is 1. The summed E-state index contributed by atoms with van der Waals surface area (Å²) in [4.78, 5) is 19.6. The van der Waals surface area contributed by atoms with Crippen molar-refractivity contribution in [2.45, 2.75) is 6.42 Å². The summed E-state index contributed by atoms with van der Waals surface area (Å²) in [5.41, 5.74) is 6.74. The Kier molecular flexibility index (Phi) is 4.44. The molecule has 4 aromatic rings. The topological polar surface area (TPSA) is 110 Å². The van der Waals surface area contributed by atoms with E-state index in [0.717, 1.165) is 0 Å². The molecule has 0 aliphatic carbocycles. The third-order valence-corrected chi connectivity index (χ3v) is 4.41. The SMILES string of the molecule is N#Cc1cccc(-c2cc3nc(Cc4c(F)cccc4C=O)nn3c(N)n2)c1F. The van der Waals surface area contributed by atoms with Gasteiger partial charge < -0.3 is 5.73 Å². The minimum atomic E-state index is -0.715. The van der Waals surface area contributed by atoms with Gasteiger partial charge >= 0.3 is 0 Å². The van der Waals surface area contributed by atoms with Crippen LogP contribution in [0.15, 0.2) is 42.5 Å². The molecule has 9 heteroatoms. The number of fused-ring (bicyclic) bond motifs is 1. The fourth-order valence-electron chi connectivity index (χ4n) is 3.02. The zero-order valence-electron chi connectivity index (χ0n) is 14.8. The van der Waals surface area contributed by atoms with E-state index in [1.54, 1.807) is 6.07 Å². The van der Waals surface area contributed by atoms with E-state index in [1.807, 2.05) is 0 Å². The Hall–Kier alpha value is -4.19. The molecule has 0 saturated carbocycles. The first kappa shape index (κ1) is 18.2. The first-order valence-corrected chi connectivity index (χ1v) is 8.45. The van der Waals surface area contributed by atoms with Crippen LogP contribution >= 0.6 is 0 Å². The molecule has 0 radical (unpaired) electrons. The van der Waals surface area contributed by atoms with Crippen LogP contribution in [0.1, 0.15) is 27.3 Å². The fraction of sp³-hybridized carbons (Fsp3) is 0.0500. The minimum Gasteiger partial charge on any atom is -0.368 e. The molecule has 4 rings (SSSR count). The van der Waals surface area contributed by atoms with Gasteiger partial charge in [-0.2, -0.15) is 9.78 Å². The van der Waals surface area contributed by atoms with Crippen molar-refractivity contribution in [1.29, 1.82) is 5.26 Å². The number of halogens is 2. The second-order valence-electron chi connectivity index (χ2n) is 6.18. The smallest absolute Gasteiger partial charge is 0.223 e. The molecule has 0 amide bonds. The van der Waals surface area contributed by atoms with Crippen LogP contribution < -0.4 is 5.73 Å². The van der Waals surface area contributed by atoms with Gasteiger partial charge in [0.2, 0.25) is 5.95 Å². The number of nitrogens with two attached hydrogens (primary N) is 1. The number of rotatable bonds is 4. The molecular formula is C20H12F2N6O. The monoisotopic (exact) mass is 390 g/mol. The number of carbonyl (C=O) groups excluding carboxylic acids is 1. The number of nitrogens with zero attached hydrogens (tertiary/aromatic N) is 5. The van der Waals surface area contributed by atoms with Crippen molar-refractivity contribution in [2.24, 2.45) is 0 Å². The quantitative estimate of drug-likeness (QED) is 0.537. The summed E-state index contributed by atoms with van der Waals surface area (Å²) in [6.07, 6.45) is 0.530. The normalized spacial score (nSPS) is 10.8. The van der Waals surface area contributed by atoms with Crippen molar-refractivity contribution in [3.63, 3.8) is 0 Å². The van der Waals surface area contributed by atoms with E-state index in [1.165, 1.54) is 47.0 Å². The molecule has 0 unspecified atom stereocenters. The van der Waals surface area contributed by atoms with Crippen LogP contribution in [-0.2, 0) is 6.42 Å². The van der Waals surface area contributed by atoms with Crippen LogP contribution in [0.5, 0.6) is 0 Å². The Morgan fingerprint density at radius 2 is 1.97 bits per heavy atom. The second-order valence-corrected chi connectivity index (χ2v) is 6.18. The van der Waals surface area contributed by atoms with E-state index < -0.39 is 11.6 Å². The van der Waals surface area contributed by atoms with Gasteiger partial charge in [-0.25, -0.2) is 18.7 Å². The van der Waals surface area contributed by atoms with Crippen molar-refractivity contribution in [3.8, 4) is 17.3 Å². The summed E-state index contributed by atoms with van der Waals surface area (Å²) in [5.74, 6) is -1.10. The third kappa shape index (κ3) is 3.17. The molecule has 7 nitrogen and oxygen atoms in total. The zero-order chi connectivity index (χ0) is 20.5. The van der Waals surface area contributed by atoms with Gasteiger partial charge in [-0.15, -0.1) is 5.10 Å². The van der Waals surface area contributed by atoms with Crippen molar-refractivity contribution in [2.75, 3.05) is 5.73 Å². The molecule has 2 heterocycles. The van der Waals surface area contributed by atoms with Gasteiger partial charge in [0.1, 0.15) is 24.0 Å². The Bertz CT molecular complexity index is 1310. The van der Waals surface area contributed by atoms with Gasteiger partial charge in [0.25, 0.3) is 0 Å². The third-order valence-electron chi connectivity index (χ3n) is 4.41. The van der Waals surface area contributed by atoms with E-state index >= 15 is 0 Å². The largest absolute Gasteiger partial charge is 0.368 e. The van der Waals surface area contributed by atoms with E-state index in [4.69, 9.17) is 11.0 Å². The van der Waals surface area contributed by atoms with Crippen LogP contribution in [-0.4, -0.2) is 25.9 Å². The molecule has 142 valence electrons. The maximum atomic E-state index is 14.5.